The van der Waals surface area contributed by atoms with Crippen molar-refractivity contribution in [3.8, 4) is 22.8 Å². The minimum Gasteiger partial charge on any atom is -0.378 e. The van der Waals surface area contributed by atoms with Crippen LogP contribution in [0, 0.1) is 13.8 Å². The minimum absolute atomic E-state index is 0.805. The van der Waals surface area contributed by atoms with Crippen molar-refractivity contribution in [1.29, 1.82) is 0 Å². The van der Waals surface area contributed by atoms with Gasteiger partial charge in [-0.2, -0.15) is 0 Å². The summed E-state index contributed by atoms with van der Waals surface area (Å²) < 4.78 is 0. The number of nitrogens with zero attached hydrogens (tertiary/aromatic N) is 4. The SMILES string of the molecule is Cc1c(-c2cc(Cc3ccnc(-c4[nH]c5cc(N(C)C)ccc5c4C)c3)ccn2)[nH]c2cc(N(C)C)ccc12. The van der Waals surface area contributed by atoms with Gasteiger partial charge < -0.3 is 19.8 Å². The van der Waals surface area contributed by atoms with Crippen molar-refractivity contribution >= 4 is 33.2 Å². The van der Waals surface area contributed by atoms with Crippen LogP contribution >= 0.6 is 0 Å². The highest BCUT2D eigenvalue weighted by molar-refractivity contribution is 5.93. The fourth-order valence-corrected chi connectivity index (χ4v) is 5.40. The molecule has 0 aliphatic heterocycles. The van der Waals surface area contributed by atoms with Crippen LogP contribution in [0.2, 0.25) is 0 Å². The van der Waals surface area contributed by atoms with Crippen LogP contribution in [-0.4, -0.2) is 48.1 Å². The molecule has 0 bridgehead atoms. The molecule has 39 heavy (non-hydrogen) atoms. The first-order chi connectivity index (χ1) is 18.8. The second-order valence-corrected chi connectivity index (χ2v) is 10.8. The van der Waals surface area contributed by atoms with E-state index in [1.165, 1.54) is 44.4 Å². The Morgan fingerprint density at radius 1 is 0.590 bits per heavy atom. The molecule has 2 N–H and O–H groups in total. The summed E-state index contributed by atoms with van der Waals surface area (Å²) in [4.78, 5) is 20.9. The van der Waals surface area contributed by atoms with Crippen molar-refractivity contribution in [2.75, 3.05) is 38.0 Å². The number of aryl methyl sites for hydroxylation is 2. The molecule has 0 atom stereocenters. The van der Waals surface area contributed by atoms with Crippen LogP contribution in [0.1, 0.15) is 22.3 Å². The summed E-state index contributed by atoms with van der Waals surface area (Å²) in [6.45, 7) is 4.33. The maximum Gasteiger partial charge on any atom is 0.0870 e. The number of benzene rings is 2. The number of rotatable bonds is 6. The van der Waals surface area contributed by atoms with Gasteiger partial charge in [-0.05, 0) is 91.1 Å². The Balaban J connectivity index is 1.31. The van der Waals surface area contributed by atoms with Crippen LogP contribution in [0.4, 0.5) is 11.4 Å². The van der Waals surface area contributed by atoms with Crippen LogP contribution in [0.3, 0.4) is 0 Å². The van der Waals surface area contributed by atoms with Gasteiger partial charge in [0.05, 0.1) is 22.8 Å². The quantitative estimate of drug-likeness (QED) is 0.249. The number of hydrogen-bond acceptors (Lipinski definition) is 4. The molecule has 0 fully saturated rings. The van der Waals surface area contributed by atoms with E-state index in [1.54, 1.807) is 0 Å². The molecule has 6 heteroatoms. The van der Waals surface area contributed by atoms with E-state index in [9.17, 15) is 0 Å². The Hall–Kier alpha value is -4.58. The average molecular weight is 515 g/mol. The normalized spacial score (nSPS) is 11.4. The van der Waals surface area contributed by atoms with Crippen LogP contribution < -0.4 is 9.80 Å². The van der Waals surface area contributed by atoms with Gasteiger partial charge in [-0.25, -0.2) is 0 Å². The lowest BCUT2D eigenvalue weighted by Crippen LogP contribution is -2.07. The van der Waals surface area contributed by atoms with Crippen LogP contribution in [0.5, 0.6) is 0 Å². The first kappa shape index (κ1) is 24.7. The second kappa shape index (κ2) is 9.62. The van der Waals surface area contributed by atoms with Gasteiger partial charge >= 0.3 is 0 Å². The van der Waals surface area contributed by atoms with Crippen molar-refractivity contribution in [2.24, 2.45) is 0 Å². The predicted octanol–water partition coefficient (Wildman–Crippen LogP) is 7.11. The van der Waals surface area contributed by atoms with Crippen molar-refractivity contribution in [3.63, 3.8) is 0 Å². The summed E-state index contributed by atoms with van der Waals surface area (Å²) in [7, 11) is 8.25. The monoisotopic (exact) mass is 514 g/mol. The summed E-state index contributed by atoms with van der Waals surface area (Å²) in [5.41, 5.74) is 13.6. The lowest BCUT2D eigenvalue weighted by Gasteiger charge is -2.11. The molecule has 6 nitrogen and oxygen atoms in total. The van der Waals surface area contributed by atoms with Gasteiger partial charge in [-0.3, -0.25) is 9.97 Å². The van der Waals surface area contributed by atoms with Gasteiger partial charge in [-0.1, -0.05) is 12.1 Å². The molecule has 0 unspecified atom stereocenters. The van der Waals surface area contributed by atoms with E-state index in [-0.39, 0.29) is 0 Å². The molecule has 196 valence electrons. The van der Waals surface area contributed by atoms with Gasteiger partial charge in [-0.15, -0.1) is 0 Å². The van der Waals surface area contributed by atoms with E-state index in [2.05, 4.69) is 122 Å². The van der Waals surface area contributed by atoms with E-state index in [0.717, 1.165) is 40.2 Å². The molecule has 6 rings (SSSR count). The Morgan fingerprint density at radius 3 is 1.44 bits per heavy atom. The van der Waals surface area contributed by atoms with Gasteiger partial charge in [0.25, 0.3) is 0 Å². The maximum atomic E-state index is 4.72. The summed E-state index contributed by atoms with van der Waals surface area (Å²) in [6, 6.07) is 21.7. The number of pyridine rings is 2. The molecule has 0 radical (unpaired) electrons. The first-order valence-electron chi connectivity index (χ1n) is 13.3. The van der Waals surface area contributed by atoms with Crippen molar-refractivity contribution < 1.29 is 0 Å². The average Bonchev–Trinajstić information content (AvgIpc) is 3.44. The van der Waals surface area contributed by atoms with E-state index in [0.29, 0.717) is 0 Å². The van der Waals surface area contributed by atoms with E-state index < -0.39 is 0 Å². The Bertz CT molecular complexity index is 1690. The molecule has 4 aromatic heterocycles. The summed E-state index contributed by atoms with van der Waals surface area (Å²) >= 11 is 0. The molecule has 2 aromatic carbocycles. The molecule has 0 amide bonds. The Kier molecular flexibility index (Phi) is 6.10. The van der Waals surface area contributed by atoms with Crippen molar-refractivity contribution in [1.82, 2.24) is 19.9 Å². The molecule has 0 spiro atoms. The van der Waals surface area contributed by atoms with Crippen LogP contribution in [0.15, 0.2) is 73.1 Å². The third-order valence-corrected chi connectivity index (χ3v) is 7.69. The van der Waals surface area contributed by atoms with Gasteiger partial charge in [0, 0.05) is 73.8 Å². The molecule has 0 saturated carbocycles. The van der Waals surface area contributed by atoms with Gasteiger partial charge in [0.2, 0.25) is 0 Å². The predicted molar refractivity (Wildman–Crippen MR) is 164 cm³/mol. The highest BCUT2D eigenvalue weighted by Crippen LogP contribution is 2.33. The number of aromatic amines is 2. The number of anilines is 2. The van der Waals surface area contributed by atoms with E-state index in [1.807, 2.05) is 12.4 Å². The second-order valence-electron chi connectivity index (χ2n) is 10.8. The Labute approximate surface area is 229 Å². The van der Waals surface area contributed by atoms with E-state index >= 15 is 0 Å². The fourth-order valence-electron chi connectivity index (χ4n) is 5.40. The standard InChI is InChI=1S/C33H34N6/c1-20-26-9-7-24(38(3)4)18-28(26)36-32(20)30-16-22(11-13-34-30)15-23-12-14-35-31(17-23)33-21(2)27-10-8-25(39(5)6)19-29(27)37-33/h7-14,16-19,36-37H,15H2,1-6H3. The van der Waals surface area contributed by atoms with Gasteiger partial charge in [0.1, 0.15) is 0 Å². The number of H-pyrrole nitrogens is 2. The maximum absolute atomic E-state index is 4.72. The van der Waals surface area contributed by atoms with Crippen molar-refractivity contribution in [3.05, 3.63) is 95.3 Å². The molecule has 0 saturated heterocycles. The smallest absolute Gasteiger partial charge is 0.0870 e. The number of fused-ring (bicyclic) bond motifs is 2. The highest BCUT2D eigenvalue weighted by atomic mass is 15.1. The summed E-state index contributed by atoms with van der Waals surface area (Å²) in [5.74, 6) is 0. The lowest BCUT2D eigenvalue weighted by molar-refractivity contribution is 1.13. The zero-order valence-electron chi connectivity index (χ0n) is 23.4. The highest BCUT2D eigenvalue weighted by Gasteiger charge is 2.14. The Morgan fingerprint density at radius 2 is 1.03 bits per heavy atom. The molecular formula is C33H34N6. The van der Waals surface area contributed by atoms with Gasteiger partial charge in [0.15, 0.2) is 0 Å². The summed E-state index contributed by atoms with van der Waals surface area (Å²) in [6.07, 6.45) is 4.62. The topological polar surface area (TPSA) is 63.8 Å². The largest absolute Gasteiger partial charge is 0.378 e. The van der Waals surface area contributed by atoms with Crippen molar-refractivity contribution in [2.45, 2.75) is 20.3 Å². The molecule has 0 aliphatic rings. The zero-order valence-corrected chi connectivity index (χ0v) is 23.4. The van der Waals surface area contributed by atoms with Crippen LogP contribution in [0.25, 0.3) is 44.6 Å². The molecule has 6 aromatic rings. The summed E-state index contributed by atoms with van der Waals surface area (Å²) in [5, 5.41) is 2.46. The van der Waals surface area contributed by atoms with Crippen LogP contribution in [-0.2, 0) is 6.42 Å². The number of nitrogens with one attached hydrogen (secondary N) is 2. The molecule has 4 heterocycles. The molecular weight excluding hydrogens is 480 g/mol. The third kappa shape index (κ3) is 4.52. The third-order valence-electron chi connectivity index (χ3n) is 7.69. The van der Waals surface area contributed by atoms with E-state index in [4.69, 9.17) is 9.97 Å². The first-order valence-corrected chi connectivity index (χ1v) is 13.3. The number of aromatic nitrogens is 4. The minimum atomic E-state index is 0.805. The fraction of sp³-hybridized carbons (Fsp3) is 0.212. The zero-order chi connectivity index (χ0) is 27.3. The number of hydrogen-bond donors (Lipinski definition) is 2. The lowest BCUT2D eigenvalue weighted by atomic mass is 10.0. The molecule has 0 aliphatic carbocycles.